The van der Waals surface area contributed by atoms with Crippen LogP contribution in [0.5, 0.6) is 0 Å². The monoisotopic (exact) mass is 342 g/mol. The summed E-state index contributed by atoms with van der Waals surface area (Å²) in [4.78, 5) is 10.3. The van der Waals surface area contributed by atoms with E-state index in [0.717, 1.165) is 19.3 Å². The second-order valence-electron chi connectivity index (χ2n) is 5.34. The molecule has 0 aliphatic rings. The fourth-order valence-electron chi connectivity index (χ4n) is 1.74. The van der Waals surface area contributed by atoms with Crippen LogP contribution in [0.3, 0.4) is 0 Å². The first-order valence-electron chi connectivity index (χ1n) is 8.76. The summed E-state index contributed by atoms with van der Waals surface area (Å²) >= 11 is 0. The van der Waals surface area contributed by atoms with Gasteiger partial charge in [0, 0.05) is 6.42 Å². The van der Waals surface area contributed by atoms with Crippen LogP contribution in [0.2, 0.25) is 0 Å². The fourth-order valence-corrected chi connectivity index (χ4v) is 1.74. The molecule has 0 amide bonds. The number of carboxylic acid groups (broad SMARTS) is 1. The highest BCUT2D eigenvalue weighted by Gasteiger charge is 1.92. The Morgan fingerprint density at radius 1 is 0.960 bits per heavy atom. The van der Waals surface area contributed by atoms with Crippen molar-refractivity contribution in [2.24, 2.45) is 0 Å². The van der Waals surface area contributed by atoms with Crippen LogP contribution in [0.4, 0.5) is 0 Å². The standard InChI is InChI=1S/C22H30O3/c1-2-3-4-5-12-15-18-21(23)19-16-13-10-8-6-7-9-11-14-17-20-22(24)25/h3-4,6-8,10-15,19,21,23H,2,5,9,17-18,20H2,1H3,(H,24,25)/b4-3-,7-6-,10-8+,14-11-,15-12-/t16?,21-/m1/s1. The van der Waals surface area contributed by atoms with Gasteiger partial charge in [-0.25, -0.2) is 0 Å². The highest BCUT2D eigenvalue weighted by molar-refractivity contribution is 5.66. The van der Waals surface area contributed by atoms with E-state index >= 15 is 0 Å². The van der Waals surface area contributed by atoms with Crippen LogP contribution in [0.15, 0.2) is 78.6 Å². The Labute approximate surface area is 151 Å². The fraction of sp³-hybridized carbons (Fsp3) is 0.364. The summed E-state index contributed by atoms with van der Waals surface area (Å²) in [7, 11) is 0. The zero-order valence-corrected chi connectivity index (χ0v) is 15.1. The second-order valence-corrected chi connectivity index (χ2v) is 5.34. The van der Waals surface area contributed by atoms with Crippen LogP contribution in [0, 0.1) is 0 Å². The normalized spacial score (nSPS) is 13.4. The van der Waals surface area contributed by atoms with Gasteiger partial charge in [-0.05, 0) is 44.3 Å². The molecule has 0 bridgehead atoms. The lowest BCUT2D eigenvalue weighted by Gasteiger charge is -1.97. The smallest absolute Gasteiger partial charge is 0.303 e. The van der Waals surface area contributed by atoms with E-state index in [1.165, 1.54) is 0 Å². The molecule has 0 aromatic rings. The van der Waals surface area contributed by atoms with Gasteiger partial charge in [0.1, 0.15) is 0 Å². The molecule has 0 heterocycles. The third kappa shape index (κ3) is 19.6. The Morgan fingerprint density at radius 2 is 1.68 bits per heavy atom. The molecule has 1 atom stereocenters. The number of allylic oxidation sites excluding steroid dienone is 9. The van der Waals surface area contributed by atoms with E-state index in [-0.39, 0.29) is 6.42 Å². The van der Waals surface area contributed by atoms with E-state index < -0.39 is 12.1 Å². The molecule has 25 heavy (non-hydrogen) atoms. The molecule has 0 unspecified atom stereocenters. The van der Waals surface area contributed by atoms with Crippen LogP contribution in [-0.4, -0.2) is 22.3 Å². The Bertz CT molecular complexity index is 542. The third-order valence-corrected chi connectivity index (χ3v) is 3.02. The van der Waals surface area contributed by atoms with E-state index in [1.54, 1.807) is 12.2 Å². The Morgan fingerprint density at radius 3 is 2.44 bits per heavy atom. The molecule has 0 aromatic heterocycles. The molecule has 0 radical (unpaired) electrons. The quantitative estimate of drug-likeness (QED) is 0.272. The van der Waals surface area contributed by atoms with Crippen molar-refractivity contribution in [3.8, 4) is 0 Å². The summed E-state index contributed by atoms with van der Waals surface area (Å²) in [5.74, 6) is -0.770. The molecule has 136 valence electrons. The summed E-state index contributed by atoms with van der Waals surface area (Å²) in [6.45, 7) is 2.10. The molecule has 0 spiro atoms. The molecule has 3 nitrogen and oxygen atoms in total. The molecule has 0 aliphatic carbocycles. The highest BCUT2D eigenvalue weighted by Crippen LogP contribution is 1.97. The van der Waals surface area contributed by atoms with Gasteiger partial charge in [-0.3, -0.25) is 4.79 Å². The molecule has 0 rings (SSSR count). The number of hydrogen-bond donors (Lipinski definition) is 2. The average Bonchev–Trinajstić information content (AvgIpc) is 2.58. The average molecular weight is 342 g/mol. The van der Waals surface area contributed by atoms with Gasteiger partial charge >= 0.3 is 5.97 Å². The maximum absolute atomic E-state index is 10.3. The van der Waals surface area contributed by atoms with Crippen LogP contribution < -0.4 is 0 Å². The molecule has 0 fully saturated rings. The lowest BCUT2D eigenvalue weighted by Crippen LogP contribution is -1.98. The number of aliphatic hydroxyl groups excluding tert-OH is 1. The van der Waals surface area contributed by atoms with E-state index in [0.29, 0.717) is 12.8 Å². The summed E-state index contributed by atoms with van der Waals surface area (Å²) in [6.07, 6.45) is 26.7. The largest absolute Gasteiger partial charge is 0.481 e. The van der Waals surface area contributed by atoms with Crippen LogP contribution >= 0.6 is 0 Å². The molecule has 3 heteroatoms. The van der Waals surface area contributed by atoms with Gasteiger partial charge in [0.05, 0.1) is 6.10 Å². The molecule has 0 saturated heterocycles. The summed E-state index contributed by atoms with van der Waals surface area (Å²) in [6, 6.07) is 0. The van der Waals surface area contributed by atoms with E-state index in [9.17, 15) is 9.90 Å². The van der Waals surface area contributed by atoms with Crippen LogP contribution in [0.25, 0.3) is 0 Å². The van der Waals surface area contributed by atoms with Crippen molar-refractivity contribution >= 4 is 5.97 Å². The Balaban J connectivity index is 3.87. The van der Waals surface area contributed by atoms with Crippen molar-refractivity contribution < 1.29 is 15.0 Å². The van der Waals surface area contributed by atoms with Crippen molar-refractivity contribution in [1.29, 1.82) is 0 Å². The minimum absolute atomic E-state index is 0.175. The van der Waals surface area contributed by atoms with Gasteiger partial charge < -0.3 is 10.2 Å². The number of carbonyl (C=O) groups is 1. The van der Waals surface area contributed by atoms with Gasteiger partial charge in [0.15, 0.2) is 0 Å². The number of hydrogen-bond acceptors (Lipinski definition) is 2. The molecule has 0 saturated carbocycles. The molecular weight excluding hydrogens is 312 g/mol. The van der Waals surface area contributed by atoms with Crippen LogP contribution in [-0.2, 0) is 4.79 Å². The Kier molecular flexibility index (Phi) is 16.3. The zero-order valence-electron chi connectivity index (χ0n) is 15.1. The maximum Gasteiger partial charge on any atom is 0.303 e. The van der Waals surface area contributed by atoms with Gasteiger partial charge in [-0.15, -0.1) is 5.73 Å². The Hall–Kier alpha value is -2.35. The summed E-state index contributed by atoms with van der Waals surface area (Å²) in [5.41, 5.74) is 2.94. The number of rotatable bonds is 13. The first-order valence-corrected chi connectivity index (χ1v) is 8.76. The van der Waals surface area contributed by atoms with Crippen molar-refractivity contribution in [2.75, 3.05) is 0 Å². The lowest BCUT2D eigenvalue weighted by molar-refractivity contribution is -0.136. The number of aliphatic hydroxyl groups is 1. The van der Waals surface area contributed by atoms with Crippen molar-refractivity contribution in [3.05, 3.63) is 78.6 Å². The highest BCUT2D eigenvalue weighted by atomic mass is 16.4. The van der Waals surface area contributed by atoms with E-state index in [1.807, 2.05) is 48.6 Å². The second kappa shape index (κ2) is 18.0. The first-order chi connectivity index (χ1) is 12.2. The maximum atomic E-state index is 10.3. The predicted molar refractivity (Wildman–Crippen MR) is 105 cm³/mol. The van der Waals surface area contributed by atoms with Gasteiger partial charge in [-0.1, -0.05) is 67.7 Å². The first kappa shape index (κ1) is 22.6. The van der Waals surface area contributed by atoms with Gasteiger partial charge in [-0.2, -0.15) is 0 Å². The third-order valence-electron chi connectivity index (χ3n) is 3.02. The van der Waals surface area contributed by atoms with Gasteiger partial charge in [0.2, 0.25) is 0 Å². The SMILES string of the molecule is CC/C=C\C/C=C\C[C@@H](O)C=C=C/C=C/C=C\C/C=C\CCC(=O)O. The molecule has 0 aromatic carbocycles. The van der Waals surface area contributed by atoms with Crippen molar-refractivity contribution in [3.63, 3.8) is 0 Å². The molecular formula is C22H30O3. The summed E-state index contributed by atoms with van der Waals surface area (Å²) < 4.78 is 0. The number of aliphatic carboxylic acids is 1. The lowest BCUT2D eigenvalue weighted by atomic mass is 10.2. The van der Waals surface area contributed by atoms with Crippen molar-refractivity contribution in [2.45, 2.75) is 51.6 Å². The minimum atomic E-state index is -0.770. The molecule has 0 aliphatic heterocycles. The minimum Gasteiger partial charge on any atom is -0.481 e. The van der Waals surface area contributed by atoms with Crippen LogP contribution in [0.1, 0.15) is 45.4 Å². The van der Waals surface area contributed by atoms with E-state index in [4.69, 9.17) is 5.11 Å². The van der Waals surface area contributed by atoms with Gasteiger partial charge in [0.25, 0.3) is 0 Å². The number of carboxylic acids is 1. The molecule has 2 N–H and O–H groups in total. The van der Waals surface area contributed by atoms with Crippen molar-refractivity contribution in [1.82, 2.24) is 0 Å². The zero-order chi connectivity index (χ0) is 18.6. The topological polar surface area (TPSA) is 57.5 Å². The summed E-state index contributed by atoms with van der Waals surface area (Å²) in [5, 5.41) is 18.2. The predicted octanol–water partition coefficient (Wildman–Crippen LogP) is 5.28. The van der Waals surface area contributed by atoms with E-state index in [2.05, 4.69) is 24.8 Å².